The molecule has 0 bridgehead atoms. The number of carbonyl (C=O) groups is 1. The summed E-state index contributed by atoms with van der Waals surface area (Å²) in [5.41, 5.74) is 5.42. The third-order valence-corrected chi connectivity index (χ3v) is 6.43. The molecule has 0 aliphatic carbocycles. The van der Waals surface area contributed by atoms with Crippen molar-refractivity contribution in [3.05, 3.63) is 52.8 Å². The summed E-state index contributed by atoms with van der Waals surface area (Å²) >= 11 is 0. The van der Waals surface area contributed by atoms with E-state index in [1.54, 1.807) is 0 Å². The van der Waals surface area contributed by atoms with Crippen LogP contribution in [0.5, 0.6) is 0 Å². The summed E-state index contributed by atoms with van der Waals surface area (Å²) in [6.45, 7) is 10.5. The van der Waals surface area contributed by atoms with Gasteiger partial charge in [0.2, 0.25) is 0 Å². The van der Waals surface area contributed by atoms with Crippen LogP contribution in [0.1, 0.15) is 53.0 Å². The van der Waals surface area contributed by atoms with E-state index in [4.69, 9.17) is 0 Å². The van der Waals surface area contributed by atoms with Crippen LogP contribution in [0, 0.1) is 20.8 Å². The Morgan fingerprint density at radius 2 is 1.63 bits per heavy atom. The largest absolute Gasteiger partial charge is 0.338 e. The van der Waals surface area contributed by atoms with Crippen LogP contribution in [-0.4, -0.2) is 52.5 Å². The first kappa shape index (κ1) is 18.3. The molecule has 3 heterocycles. The minimum Gasteiger partial charge on any atom is -0.338 e. The first-order chi connectivity index (χ1) is 13.1. The fourth-order valence-corrected chi connectivity index (χ4v) is 4.88. The highest BCUT2D eigenvalue weighted by Crippen LogP contribution is 2.26. The Bertz CT molecular complexity index is 824. The van der Waals surface area contributed by atoms with Gasteiger partial charge in [-0.05, 0) is 77.2 Å². The predicted octanol–water partition coefficient (Wildman–Crippen LogP) is 4.10. The van der Waals surface area contributed by atoms with E-state index in [-0.39, 0.29) is 5.91 Å². The number of para-hydroxylation sites is 1. The zero-order valence-electron chi connectivity index (χ0n) is 16.9. The van der Waals surface area contributed by atoms with E-state index in [0.717, 1.165) is 42.9 Å². The third-order valence-electron chi connectivity index (χ3n) is 6.43. The van der Waals surface area contributed by atoms with Crippen LogP contribution in [0.25, 0.3) is 5.69 Å². The molecule has 144 valence electrons. The zero-order chi connectivity index (χ0) is 19.0. The van der Waals surface area contributed by atoms with E-state index in [1.807, 2.05) is 0 Å². The van der Waals surface area contributed by atoms with Crippen molar-refractivity contribution < 1.29 is 4.79 Å². The number of hydrogen-bond acceptors (Lipinski definition) is 2. The molecule has 27 heavy (non-hydrogen) atoms. The van der Waals surface area contributed by atoms with Gasteiger partial charge in [-0.1, -0.05) is 18.2 Å². The van der Waals surface area contributed by atoms with Gasteiger partial charge in [-0.2, -0.15) is 0 Å². The second kappa shape index (κ2) is 7.51. The summed E-state index contributed by atoms with van der Waals surface area (Å²) in [5.74, 6) is 0.197. The maximum Gasteiger partial charge on any atom is 0.255 e. The number of carbonyl (C=O) groups excluding carboxylic acids is 1. The van der Waals surface area contributed by atoms with Crippen molar-refractivity contribution in [1.82, 2.24) is 14.4 Å². The summed E-state index contributed by atoms with van der Waals surface area (Å²) < 4.78 is 2.22. The Morgan fingerprint density at radius 1 is 0.963 bits per heavy atom. The number of rotatable bonds is 3. The van der Waals surface area contributed by atoms with Crippen molar-refractivity contribution in [3.63, 3.8) is 0 Å². The van der Waals surface area contributed by atoms with Crippen molar-refractivity contribution >= 4 is 5.91 Å². The maximum atomic E-state index is 13.2. The van der Waals surface area contributed by atoms with Gasteiger partial charge >= 0.3 is 0 Å². The first-order valence-electron chi connectivity index (χ1n) is 10.3. The molecule has 0 saturated carbocycles. The molecule has 2 aliphatic heterocycles. The minimum absolute atomic E-state index is 0.197. The summed E-state index contributed by atoms with van der Waals surface area (Å²) in [6.07, 6.45) is 4.90. The lowest BCUT2D eigenvalue weighted by molar-refractivity contribution is 0.0644. The Hall–Kier alpha value is -2.07. The fraction of sp³-hybridized carbons (Fsp3) is 0.522. The van der Waals surface area contributed by atoms with Crippen LogP contribution in [0.15, 0.2) is 30.3 Å². The molecule has 2 fully saturated rings. The van der Waals surface area contributed by atoms with E-state index in [2.05, 4.69) is 65.5 Å². The molecule has 0 spiro atoms. The number of likely N-dealkylation sites (tertiary alicyclic amines) is 2. The zero-order valence-corrected chi connectivity index (χ0v) is 16.9. The van der Waals surface area contributed by atoms with E-state index in [1.165, 1.54) is 37.2 Å². The van der Waals surface area contributed by atoms with Crippen LogP contribution < -0.4 is 0 Å². The van der Waals surface area contributed by atoms with Crippen molar-refractivity contribution in [2.24, 2.45) is 0 Å². The Kier molecular flexibility index (Phi) is 5.09. The Labute approximate surface area is 162 Å². The number of aryl methyl sites for hydroxylation is 2. The highest BCUT2D eigenvalue weighted by molar-refractivity contribution is 5.96. The highest BCUT2D eigenvalue weighted by Gasteiger charge is 2.30. The molecule has 0 radical (unpaired) electrons. The monoisotopic (exact) mass is 365 g/mol. The van der Waals surface area contributed by atoms with Crippen LogP contribution in [0.2, 0.25) is 0 Å². The highest BCUT2D eigenvalue weighted by atomic mass is 16.2. The molecular weight excluding hydrogens is 334 g/mol. The maximum absolute atomic E-state index is 13.2. The Morgan fingerprint density at radius 3 is 2.30 bits per heavy atom. The van der Waals surface area contributed by atoms with Gasteiger partial charge in [0.1, 0.15) is 0 Å². The number of hydrogen-bond donors (Lipinski definition) is 0. The summed E-state index contributed by atoms with van der Waals surface area (Å²) in [6, 6.07) is 11.1. The van der Waals surface area contributed by atoms with Crippen molar-refractivity contribution in [2.75, 3.05) is 26.2 Å². The third kappa shape index (κ3) is 3.43. The second-order valence-electron chi connectivity index (χ2n) is 8.17. The summed E-state index contributed by atoms with van der Waals surface area (Å²) in [4.78, 5) is 17.9. The lowest BCUT2D eigenvalue weighted by Crippen LogP contribution is -2.46. The first-order valence-corrected chi connectivity index (χ1v) is 10.3. The van der Waals surface area contributed by atoms with Crippen molar-refractivity contribution in [1.29, 1.82) is 0 Å². The van der Waals surface area contributed by atoms with Gasteiger partial charge < -0.3 is 14.4 Å². The number of nitrogens with zero attached hydrogens (tertiary/aromatic N) is 3. The SMILES string of the molecule is Cc1ccccc1-n1c(C)cc(C(=O)N2CCC(N3CCCC3)CC2)c1C. The topological polar surface area (TPSA) is 28.5 Å². The minimum atomic E-state index is 0.197. The van der Waals surface area contributed by atoms with E-state index in [0.29, 0.717) is 6.04 Å². The molecule has 4 nitrogen and oxygen atoms in total. The van der Waals surface area contributed by atoms with E-state index >= 15 is 0 Å². The lowest BCUT2D eigenvalue weighted by Gasteiger charge is -2.36. The van der Waals surface area contributed by atoms with Crippen LogP contribution >= 0.6 is 0 Å². The molecule has 1 aromatic heterocycles. The van der Waals surface area contributed by atoms with Gasteiger partial charge in [-0.25, -0.2) is 0 Å². The molecule has 0 unspecified atom stereocenters. The van der Waals surface area contributed by atoms with E-state index in [9.17, 15) is 4.79 Å². The van der Waals surface area contributed by atoms with Crippen LogP contribution in [-0.2, 0) is 0 Å². The van der Waals surface area contributed by atoms with Gasteiger partial charge in [0.15, 0.2) is 0 Å². The van der Waals surface area contributed by atoms with Gasteiger partial charge in [0, 0.05) is 36.2 Å². The Balaban J connectivity index is 1.52. The standard InChI is InChI=1S/C23H31N3O/c1-17-8-4-5-9-22(17)26-18(2)16-21(19(26)3)23(27)25-14-10-20(11-15-25)24-12-6-7-13-24/h4-5,8-9,16,20H,6-7,10-15H2,1-3H3. The van der Waals surface area contributed by atoms with Gasteiger partial charge in [-0.3, -0.25) is 4.79 Å². The number of piperidine rings is 1. The van der Waals surface area contributed by atoms with Crippen molar-refractivity contribution in [3.8, 4) is 5.69 Å². The average Bonchev–Trinajstić information content (AvgIpc) is 3.31. The van der Waals surface area contributed by atoms with Crippen LogP contribution in [0.3, 0.4) is 0 Å². The molecule has 4 heteroatoms. The molecule has 0 atom stereocenters. The molecule has 2 aliphatic rings. The molecule has 4 rings (SSSR count). The van der Waals surface area contributed by atoms with Gasteiger partial charge in [0.25, 0.3) is 5.91 Å². The quantitative estimate of drug-likeness (QED) is 0.819. The van der Waals surface area contributed by atoms with E-state index < -0.39 is 0 Å². The molecular formula is C23H31N3O. The normalized spacial score (nSPS) is 19.0. The number of benzene rings is 1. The molecule has 1 amide bonds. The smallest absolute Gasteiger partial charge is 0.255 e. The lowest BCUT2D eigenvalue weighted by atomic mass is 10.0. The van der Waals surface area contributed by atoms with Gasteiger partial charge in [-0.15, -0.1) is 0 Å². The number of aromatic nitrogens is 1. The molecule has 1 aromatic carbocycles. The average molecular weight is 366 g/mol. The fourth-order valence-electron chi connectivity index (χ4n) is 4.88. The summed E-state index contributed by atoms with van der Waals surface area (Å²) in [7, 11) is 0. The molecule has 2 aromatic rings. The van der Waals surface area contributed by atoms with Gasteiger partial charge in [0.05, 0.1) is 5.56 Å². The van der Waals surface area contributed by atoms with Crippen molar-refractivity contribution in [2.45, 2.75) is 52.5 Å². The predicted molar refractivity (Wildman–Crippen MR) is 110 cm³/mol. The number of amides is 1. The molecule has 2 saturated heterocycles. The molecule has 0 N–H and O–H groups in total. The summed E-state index contributed by atoms with van der Waals surface area (Å²) in [5, 5.41) is 0. The second-order valence-corrected chi connectivity index (χ2v) is 8.17. The van der Waals surface area contributed by atoms with Crippen LogP contribution in [0.4, 0.5) is 0 Å².